The first kappa shape index (κ1) is 14.1. The molecule has 0 bridgehead atoms. The normalized spacial score (nSPS) is 11.9. The maximum atomic E-state index is 11.6. The van der Waals surface area contributed by atoms with Crippen LogP contribution < -0.4 is 5.32 Å². The van der Waals surface area contributed by atoms with Crippen molar-refractivity contribution in [3.63, 3.8) is 0 Å². The molecule has 2 N–H and O–H groups in total. The number of carbonyl (C=O) groups is 1. The molecule has 0 spiro atoms. The monoisotopic (exact) mass is 269 g/mol. The highest BCUT2D eigenvalue weighted by Gasteiger charge is 2.23. The lowest BCUT2D eigenvalue weighted by Crippen LogP contribution is -2.22. The fourth-order valence-corrected chi connectivity index (χ4v) is 2.36. The molecular weight excluding hydrogens is 250 g/mol. The summed E-state index contributed by atoms with van der Waals surface area (Å²) in [5.74, 6) is -0.872. The molecule has 20 heavy (non-hydrogen) atoms. The van der Waals surface area contributed by atoms with Crippen LogP contribution in [0.5, 0.6) is 0 Å². The van der Waals surface area contributed by atoms with Gasteiger partial charge < -0.3 is 10.4 Å². The van der Waals surface area contributed by atoms with Gasteiger partial charge in [-0.05, 0) is 49.6 Å². The number of rotatable bonds is 4. The van der Waals surface area contributed by atoms with Gasteiger partial charge in [-0.1, -0.05) is 35.9 Å². The topological polar surface area (TPSA) is 49.3 Å². The van der Waals surface area contributed by atoms with Crippen LogP contribution in [0.2, 0.25) is 0 Å². The van der Waals surface area contributed by atoms with Gasteiger partial charge in [-0.15, -0.1) is 0 Å². The van der Waals surface area contributed by atoms with E-state index in [-0.39, 0.29) is 0 Å². The summed E-state index contributed by atoms with van der Waals surface area (Å²) >= 11 is 0. The van der Waals surface area contributed by atoms with E-state index in [1.54, 1.807) is 0 Å². The minimum Gasteiger partial charge on any atom is -0.479 e. The Labute approximate surface area is 119 Å². The quantitative estimate of drug-likeness (QED) is 0.886. The van der Waals surface area contributed by atoms with E-state index >= 15 is 0 Å². The van der Waals surface area contributed by atoms with Gasteiger partial charge in [-0.25, -0.2) is 4.79 Å². The Bertz CT molecular complexity index is 597. The molecule has 0 heterocycles. The molecule has 2 rings (SSSR count). The molecule has 0 fully saturated rings. The third-order valence-corrected chi connectivity index (χ3v) is 3.44. The molecule has 0 aliphatic rings. The van der Waals surface area contributed by atoms with Crippen LogP contribution in [0.4, 0.5) is 5.69 Å². The SMILES string of the molecule is Cc1ccc(NC(C(=O)O)c2c(C)cccc2C)cc1. The van der Waals surface area contributed by atoms with Crippen molar-refractivity contribution in [3.05, 3.63) is 64.7 Å². The second kappa shape index (κ2) is 5.78. The summed E-state index contributed by atoms with van der Waals surface area (Å²) in [5.41, 5.74) is 4.76. The van der Waals surface area contributed by atoms with Gasteiger partial charge in [0.1, 0.15) is 0 Å². The van der Waals surface area contributed by atoms with E-state index < -0.39 is 12.0 Å². The lowest BCUT2D eigenvalue weighted by molar-refractivity contribution is -0.138. The summed E-state index contributed by atoms with van der Waals surface area (Å²) in [6.07, 6.45) is 0. The molecule has 3 nitrogen and oxygen atoms in total. The highest BCUT2D eigenvalue weighted by Crippen LogP contribution is 2.26. The van der Waals surface area contributed by atoms with Gasteiger partial charge >= 0.3 is 5.97 Å². The average molecular weight is 269 g/mol. The minimum atomic E-state index is -0.872. The van der Waals surface area contributed by atoms with E-state index in [9.17, 15) is 9.90 Å². The van der Waals surface area contributed by atoms with Crippen LogP contribution in [-0.4, -0.2) is 11.1 Å². The molecule has 0 aliphatic heterocycles. The molecule has 2 aromatic rings. The van der Waals surface area contributed by atoms with E-state index in [2.05, 4.69) is 5.32 Å². The second-order valence-electron chi connectivity index (χ2n) is 5.09. The predicted molar refractivity (Wildman–Crippen MR) is 81.1 cm³/mol. The first-order valence-corrected chi connectivity index (χ1v) is 6.61. The Hall–Kier alpha value is -2.29. The summed E-state index contributed by atoms with van der Waals surface area (Å²) in [5, 5.41) is 12.6. The van der Waals surface area contributed by atoms with Crippen molar-refractivity contribution in [2.24, 2.45) is 0 Å². The molecule has 0 amide bonds. The number of hydrogen-bond acceptors (Lipinski definition) is 2. The number of anilines is 1. The summed E-state index contributed by atoms with van der Waals surface area (Å²) < 4.78 is 0. The van der Waals surface area contributed by atoms with Crippen LogP contribution in [-0.2, 0) is 4.79 Å². The molecule has 104 valence electrons. The minimum absolute atomic E-state index is 0.737. The zero-order valence-electron chi connectivity index (χ0n) is 12.0. The van der Waals surface area contributed by atoms with Crippen LogP contribution in [0.1, 0.15) is 28.3 Å². The summed E-state index contributed by atoms with van der Waals surface area (Å²) in [7, 11) is 0. The van der Waals surface area contributed by atoms with Gasteiger partial charge in [0.2, 0.25) is 0 Å². The molecule has 0 saturated carbocycles. The molecule has 0 aromatic heterocycles. The number of carboxylic acids is 1. The zero-order valence-corrected chi connectivity index (χ0v) is 12.0. The Morgan fingerprint density at radius 3 is 2.05 bits per heavy atom. The summed E-state index contributed by atoms with van der Waals surface area (Å²) in [6.45, 7) is 5.88. The molecule has 0 radical (unpaired) electrons. The Morgan fingerprint density at radius 2 is 1.55 bits per heavy atom. The lowest BCUT2D eigenvalue weighted by Gasteiger charge is -2.20. The molecule has 1 unspecified atom stereocenters. The van der Waals surface area contributed by atoms with Gasteiger partial charge in [0.05, 0.1) is 0 Å². The second-order valence-corrected chi connectivity index (χ2v) is 5.09. The van der Waals surface area contributed by atoms with Gasteiger partial charge in [0, 0.05) is 5.69 Å². The first-order chi connectivity index (χ1) is 9.49. The number of carboxylic acid groups (broad SMARTS) is 1. The number of hydrogen-bond donors (Lipinski definition) is 2. The number of nitrogens with one attached hydrogen (secondary N) is 1. The van der Waals surface area contributed by atoms with Gasteiger partial charge in [0.25, 0.3) is 0 Å². The maximum absolute atomic E-state index is 11.6. The van der Waals surface area contributed by atoms with Crippen molar-refractivity contribution in [2.45, 2.75) is 26.8 Å². The van der Waals surface area contributed by atoms with E-state index in [4.69, 9.17) is 0 Å². The van der Waals surface area contributed by atoms with Gasteiger partial charge in [-0.3, -0.25) is 0 Å². The van der Waals surface area contributed by atoms with Crippen LogP contribution in [0, 0.1) is 20.8 Å². The van der Waals surface area contributed by atoms with Crippen molar-refractivity contribution in [1.29, 1.82) is 0 Å². The molecule has 3 heteroatoms. The van der Waals surface area contributed by atoms with E-state index in [1.807, 2.05) is 63.2 Å². The van der Waals surface area contributed by atoms with Gasteiger partial charge in [-0.2, -0.15) is 0 Å². The fourth-order valence-electron chi connectivity index (χ4n) is 2.36. The zero-order chi connectivity index (χ0) is 14.7. The van der Waals surface area contributed by atoms with Crippen molar-refractivity contribution in [2.75, 3.05) is 5.32 Å². The van der Waals surface area contributed by atoms with Crippen molar-refractivity contribution < 1.29 is 9.90 Å². The van der Waals surface area contributed by atoms with E-state index in [0.29, 0.717) is 0 Å². The molecule has 1 atom stereocenters. The van der Waals surface area contributed by atoms with E-state index in [0.717, 1.165) is 27.9 Å². The smallest absolute Gasteiger partial charge is 0.330 e. The highest BCUT2D eigenvalue weighted by molar-refractivity contribution is 5.80. The Balaban J connectivity index is 2.37. The average Bonchev–Trinajstić information content (AvgIpc) is 2.39. The maximum Gasteiger partial charge on any atom is 0.330 e. The first-order valence-electron chi connectivity index (χ1n) is 6.61. The number of aryl methyl sites for hydroxylation is 3. The molecule has 2 aromatic carbocycles. The summed E-state index contributed by atoms with van der Waals surface area (Å²) in [6, 6.07) is 12.8. The van der Waals surface area contributed by atoms with Crippen LogP contribution in [0.25, 0.3) is 0 Å². The predicted octanol–water partition coefficient (Wildman–Crippen LogP) is 3.85. The third kappa shape index (κ3) is 2.99. The van der Waals surface area contributed by atoms with Crippen molar-refractivity contribution >= 4 is 11.7 Å². The van der Waals surface area contributed by atoms with Crippen LogP contribution in [0.3, 0.4) is 0 Å². The highest BCUT2D eigenvalue weighted by atomic mass is 16.4. The summed E-state index contributed by atoms with van der Waals surface area (Å²) in [4.78, 5) is 11.6. The fraction of sp³-hybridized carbons (Fsp3) is 0.235. The van der Waals surface area contributed by atoms with Crippen molar-refractivity contribution in [3.8, 4) is 0 Å². The molecule has 0 saturated heterocycles. The number of benzene rings is 2. The largest absolute Gasteiger partial charge is 0.479 e. The standard InChI is InChI=1S/C17H19NO2/c1-11-7-9-14(10-8-11)18-16(17(19)20)15-12(2)5-4-6-13(15)3/h4-10,16,18H,1-3H3,(H,19,20). The van der Waals surface area contributed by atoms with Crippen LogP contribution >= 0.6 is 0 Å². The van der Waals surface area contributed by atoms with Gasteiger partial charge in [0.15, 0.2) is 6.04 Å². The van der Waals surface area contributed by atoms with Crippen LogP contribution in [0.15, 0.2) is 42.5 Å². The Kier molecular flexibility index (Phi) is 4.08. The number of aliphatic carboxylic acids is 1. The Morgan fingerprint density at radius 1 is 1.00 bits per heavy atom. The van der Waals surface area contributed by atoms with E-state index in [1.165, 1.54) is 0 Å². The lowest BCUT2D eigenvalue weighted by atomic mass is 9.96. The van der Waals surface area contributed by atoms with Crippen molar-refractivity contribution in [1.82, 2.24) is 0 Å². The molecular formula is C17H19NO2. The third-order valence-electron chi connectivity index (χ3n) is 3.44. The molecule has 0 aliphatic carbocycles.